The smallest absolute Gasteiger partial charge is 0.406 e. The normalized spacial score (nSPS) is 11.8. The van der Waals surface area contributed by atoms with E-state index in [4.69, 9.17) is 11.6 Å². The summed E-state index contributed by atoms with van der Waals surface area (Å²) in [7, 11) is 0. The monoisotopic (exact) mass is 326 g/mol. The van der Waals surface area contributed by atoms with Gasteiger partial charge in [-0.05, 0) is 30.3 Å². The van der Waals surface area contributed by atoms with Crippen molar-refractivity contribution in [3.8, 4) is 11.4 Å². The summed E-state index contributed by atoms with van der Waals surface area (Å²) >= 11 is 5.88. The number of para-hydroxylation sites is 1. The summed E-state index contributed by atoms with van der Waals surface area (Å²) in [5.41, 5.74) is 2.18. The van der Waals surface area contributed by atoms with Gasteiger partial charge in [-0.15, -0.1) is 24.8 Å². The van der Waals surface area contributed by atoms with Crippen molar-refractivity contribution in [3.05, 3.63) is 54.2 Å². The van der Waals surface area contributed by atoms with Gasteiger partial charge < -0.3 is 4.74 Å². The molecule has 0 saturated carbocycles. The Morgan fingerprint density at radius 3 is 2.36 bits per heavy atom. The lowest BCUT2D eigenvalue weighted by Crippen LogP contribution is -2.17. The Morgan fingerprint density at radius 2 is 1.73 bits per heavy atom. The molecule has 2 aromatic carbocycles. The molecule has 1 heterocycles. The summed E-state index contributed by atoms with van der Waals surface area (Å²) < 4.78 is 42.0. The number of hydrogen-bond acceptors (Lipinski definition) is 2. The molecule has 0 aliphatic rings. The van der Waals surface area contributed by atoms with E-state index in [1.54, 1.807) is 4.68 Å². The predicted molar refractivity (Wildman–Crippen MR) is 77.3 cm³/mol. The Balaban J connectivity index is 2.01. The van der Waals surface area contributed by atoms with E-state index in [1.165, 1.54) is 24.3 Å². The number of alkyl halides is 4. The highest BCUT2D eigenvalue weighted by Crippen LogP contribution is 2.26. The lowest BCUT2D eigenvalue weighted by Gasteiger charge is -2.09. The fourth-order valence-electron chi connectivity index (χ4n) is 2.22. The van der Waals surface area contributed by atoms with Crippen LogP contribution >= 0.6 is 11.6 Å². The highest BCUT2D eigenvalue weighted by Gasteiger charge is 2.31. The molecule has 0 unspecified atom stereocenters. The number of fused-ring (bicyclic) bond motifs is 1. The van der Waals surface area contributed by atoms with Crippen LogP contribution in [0.1, 0.15) is 5.69 Å². The van der Waals surface area contributed by atoms with Crippen molar-refractivity contribution >= 4 is 22.5 Å². The van der Waals surface area contributed by atoms with Gasteiger partial charge in [0, 0.05) is 5.39 Å². The van der Waals surface area contributed by atoms with Crippen molar-refractivity contribution in [2.24, 2.45) is 0 Å². The second-order valence-corrected chi connectivity index (χ2v) is 4.82. The van der Waals surface area contributed by atoms with Crippen LogP contribution in [0.5, 0.6) is 5.75 Å². The van der Waals surface area contributed by atoms with Crippen molar-refractivity contribution in [1.29, 1.82) is 0 Å². The average Bonchev–Trinajstić information content (AvgIpc) is 2.85. The molecule has 7 heteroatoms. The fourth-order valence-corrected chi connectivity index (χ4v) is 2.41. The molecule has 0 spiro atoms. The SMILES string of the molecule is FC(F)(F)Oc1ccc(-n2nc(CCl)c3ccccc32)cc1. The van der Waals surface area contributed by atoms with Crippen LogP contribution in [0.3, 0.4) is 0 Å². The third-order valence-electron chi connectivity index (χ3n) is 3.11. The highest BCUT2D eigenvalue weighted by molar-refractivity contribution is 6.17. The highest BCUT2D eigenvalue weighted by atomic mass is 35.5. The molecule has 3 rings (SSSR count). The first-order chi connectivity index (χ1) is 10.5. The van der Waals surface area contributed by atoms with E-state index in [0.717, 1.165) is 10.9 Å². The van der Waals surface area contributed by atoms with Crippen molar-refractivity contribution in [2.45, 2.75) is 12.2 Å². The van der Waals surface area contributed by atoms with Crippen LogP contribution in [-0.2, 0) is 5.88 Å². The Bertz CT molecular complexity index is 797. The first kappa shape index (κ1) is 14.7. The maximum absolute atomic E-state index is 12.2. The minimum atomic E-state index is -4.70. The van der Waals surface area contributed by atoms with Crippen molar-refractivity contribution in [1.82, 2.24) is 9.78 Å². The number of benzene rings is 2. The van der Waals surface area contributed by atoms with Crippen LogP contribution < -0.4 is 4.74 Å². The Labute approximate surface area is 128 Å². The van der Waals surface area contributed by atoms with Crippen LogP contribution in [-0.4, -0.2) is 16.1 Å². The van der Waals surface area contributed by atoms with E-state index >= 15 is 0 Å². The number of ether oxygens (including phenoxy) is 1. The second kappa shape index (κ2) is 5.53. The lowest BCUT2D eigenvalue weighted by atomic mass is 10.2. The molecule has 1 aromatic heterocycles. The standard InChI is InChI=1S/C15H10ClF3N2O/c16-9-13-12-3-1-2-4-14(12)21(20-13)10-5-7-11(8-6-10)22-15(17,18)19/h1-8H,9H2. The third kappa shape index (κ3) is 2.87. The molecule has 22 heavy (non-hydrogen) atoms. The Kier molecular flexibility index (Phi) is 3.70. The summed E-state index contributed by atoms with van der Waals surface area (Å²) in [6.07, 6.45) is -4.70. The summed E-state index contributed by atoms with van der Waals surface area (Å²) in [5.74, 6) is -0.0201. The van der Waals surface area contributed by atoms with Gasteiger partial charge >= 0.3 is 6.36 Å². The molecule has 0 aliphatic heterocycles. The summed E-state index contributed by atoms with van der Waals surface area (Å²) in [5, 5.41) is 5.31. The van der Waals surface area contributed by atoms with Gasteiger partial charge in [-0.2, -0.15) is 5.10 Å². The third-order valence-corrected chi connectivity index (χ3v) is 3.36. The van der Waals surface area contributed by atoms with E-state index in [2.05, 4.69) is 9.84 Å². The van der Waals surface area contributed by atoms with Gasteiger partial charge in [-0.3, -0.25) is 0 Å². The summed E-state index contributed by atoms with van der Waals surface area (Å²) in [4.78, 5) is 0. The van der Waals surface area contributed by atoms with E-state index < -0.39 is 6.36 Å². The molecule has 0 saturated heterocycles. The molecule has 0 fully saturated rings. The molecule has 114 valence electrons. The minimum absolute atomic E-state index is 0.253. The predicted octanol–water partition coefficient (Wildman–Crippen LogP) is 4.66. The molecule has 3 nitrogen and oxygen atoms in total. The number of halogens is 4. The fraction of sp³-hybridized carbons (Fsp3) is 0.133. The van der Waals surface area contributed by atoms with Gasteiger partial charge in [0.25, 0.3) is 0 Å². The van der Waals surface area contributed by atoms with Crippen LogP contribution in [0.2, 0.25) is 0 Å². The molecular formula is C15H10ClF3N2O. The number of nitrogens with zero attached hydrogens (tertiary/aromatic N) is 2. The molecule has 0 N–H and O–H groups in total. The maximum atomic E-state index is 12.2. The molecule has 0 amide bonds. The number of rotatable bonds is 3. The zero-order chi connectivity index (χ0) is 15.7. The van der Waals surface area contributed by atoms with Crippen molar-refractivity contribution < 1.29 is 17.9 Å². The van der Waals surface area contributed by atoms with E-state index in [0.29, 0.717) is 11.4 Å². The quantitative estimate of drug-likeness (QED) is 0.654. The zero-order valence-corrected chi connectivity index (χ0v) is 11.9. The second-order valence-electron chi connectivity index (χ2n) is 4.55. The van der Waals surface area contributed by atoms with Gasteiger partial charge in [0.05, 0.1) is 22.8 Å². The average molecular weight is 327 g/mol. The van der Waals surface area contributed by atoms with Crippen LogP contribution in [0.25, 0.3) is 16.6 Å². The number of aromatic nitrogens is 2. The zero-order valence-electron chi connectivity index (χ0n) is 11.1. The van der Waals surface area contributed by atoms with Crippen LogP contribution in [0.4, 0.5) is 13.2 Å². The Morgan fingerprint density at radius 1 is 1.05 bits per heavy atom. The van der Waals surface area contributed by atoms with Gasteiger partial charge in [-0.25, -0.2) is 4.68 Å². The summed E-state index contributed by atoms with van der Waals surface area (Å²) in [6.45, 7) is 0. The minimum Gasteiger partial charge on any atom is -0.406 e. The van der Waals surface area contributed by atoms with Gasteiger partial charge in [0.2, 0.25) is 0 Å². The Hall–Kier alpha value is -2.21. The van der Waals surface area contributed by atoms with Gasteiger partial charge in [0.1, 0.15) is 5.75 Å². The molecule has 0 bridgehead atoms. The van der Waals surface area contributed by atoms with Gasteiger partial charge in [0.15, 0.2) is 0 Å². The molecule has 3 aromatic rings. The molecule has 0 aliphatic carbocycles. The van der Waals surface area contributed by atoms with Crippen LogP contribution in [0, 0.1) is 0 Å². The lowest BCUT2D eigenvalue weighted by molar-refractivity contribution is -0.274. The summed E-state index contributed by atoms with van der Waals surface area (Å²) in [6, 6.07) is 13.0. The van der Waals surface area contributed by atoms with Crippen molar-refractivity contribution in [2.75, 3.05) is 0 Å². The van der Waals surface area contributed by atoms with E-state index in [-0.39, 0.29) is 11.6 Å². The van der Waals surface area contributed by atoms with Crippen molar-refractivity contribution in [3.63, 3.8) is 0 Å². The van der Waals surface area contributed by atoms with Gasteiger partial charge in [-0.1, -0.05) is 18.2 Å². The topological polar surface area (TPSA) is 27.1 Å². The van der Waals surface area contributed by atoms with Crippen LogP contribution in [0.15, 0.2) is 48.5 Å². The number of hydrogen-bond donors (Lipinski definition) is 0. The van der Waals surface area contributed by atoms with E-state index in [1.807, 2.05) is 24.3 Å². The molecule has 0 radical (unpaired) electrons. The molecular weight excluding hydrogens is 317 g/mol. The molecule has 0 atom stereocenters. The maximum Gasteiger partial charge on any atom is 0.573 e. The largest absolute Gasteiger partial charge is 0.573 e. The first-order valence-electron chi connectivity index (χ1n) is 6.37. The first-order valence-corrected chi connectivity index (χ1v) is 6.90. The van der Waals surface area contributed by atoms with E-state index in [9.17, 15) is 13.2 Å².